The van der Waals surface area contributed by atoms with Crippen LogP contribution in [0.1, 0.15) is 17.4 Å². The molecule has 0 atom stereocenters. The Morgan fingerprint density at radius 3 is 2.72 bits per heavy atom. The Kier molecular flexibility index (Phi) is 4.76. The molecule has 0 saturated carbocycles. The largest absolute Gasteiger partial charge is 0.461 e. The van der Waals surface area contributed by atoms with E-state index in [1.807, 2.05) is 30.3 Å². The number of carbonyl (C=O) groups is 1. The monoisotopic (exact) mass is 410 g/mol. The number of halogens is 1. The van der Waals surface area contributed by atoms with Crippen molar-refractivity contribution in [3.8, 4) is 11.3 Å². The maximum Gasteiger partial charge on any atom is 0.360 e. The van der Waals surface area contributed by atoms with Crippen molar-refractivity contribution < 1.29 is 9.53 Å². The molecule has 29 heavy (non-hydrogen) atoms. The molecule has 0 unspecified atom stereocenters. The predicted octanol–water partition coefficient (Wildman–Crippen LogP) is 3.73. The minimum atomic E-state index is -0.567. The first-order chi connectivity index (χ1) is 14.0. The number of rotatable bonds is 4. The zero-order valence-corrected chi connectivity index (χ0v) is 16.9. The highest BCUT2D eigenvalue weighted by atomic mass is 35.5. The highest BCUT2D eigenvalue weighted by Gasteiger charge is 2.22. The van der Waals surface area contributed by atoms with E-state index in [1.54, 1.807) is 36.1 Å². The van der Waals surface area contributed by atoms with Crippen molar-refractivity contribution in [2.75, 3.05) is 19.0 Å². The number of ether oxygens (including phenoxy) is 1. The SMILES string of the molecule is CCOC(=O)c1nc2c(NC)ccc(-c3ccc4c(ccc(=O)n4C)c3)n2c1Cl. The molecule has 8 heteroatoms. The van der Waals surface area contributed by atoms with Crippen LogP contribution in [0.2, 0.25) is 5.15 Å². The van der Waals surface area contributed by atoms with E-state index in [9.17, 15) is 9.59 Å². The Labute approximate surface area is 171 Å². The number of imidazole rings is 1. The number of benzene rings is 1. The number of aryl methyl sites for hydroxylation is 1. The summed E-state index contributed by atoms with van der Waals surface area (Å²) in [7, 11) is 3.51. The number of esters is 1. The zero-order valence-electron chi connectivity index (χ0n) is 16.2. The first-order valence-corrected chi connectivity index (χ1v) is 9.50. The second kappa shape index (κ2) is 7.25. The summed E-state index contributed by atoms with van der Waals surface area (Å²) in [5.41, 5.74) is 3.73. The van der Waals surface area contributed by atoms with Gasteiger partial charge in [0.05, 0.1) is 23.5 Å². The molecule has 4 aromatic rings. The molecule has 148 valence electrons. The molecular weight excluding hydrogens is 392 g/mol. The van der Waals surface area contributed by atoms with E-state index in [0.717, 1.165) is 27.8 Å². The predicted molar refractivity (Wildman–Crippen MR) is 114 cm³/mol. The summed E-state index contributed by atoms with van der Waals surface area (Å²) >= 11 is 6.56. The van der Waals surface area contributed by atoms with Crippen molar-refractivity contribution in [1.82, 2.24) is 14.0 Å². The highest BCUT2D eigenvalue weighted by molar-refractivity contribution is 6.33. The molecule has 0 radical (unpaired) electrons. The first kappa shape index (κ1) is 19.0. The fourth-order valence-electron chi connectivity index (χ4n) is 3.41. The van der Waals surface area contributed by atoms with Gasteiger partial charge in [0.2, 0.25) is 0 Å². The van der Waals surface area contributed by atoms with E-state index in [1.165, 1.54) is 6.07 Å². The highest BCUT2D eigenvalue weighted by Crippen LogP contribution is 2.32. The van der Waals surface area contributed by atoms with E-state index in [2.05, 4.69) is 10.3 Å². The van der Waals surface area contributed by atoms with Crippen LogP contribution < -0.4 is 10.9 Å². The summed E-state index contributed by atoms with van der Waals surface area (Å²) in [6.07, 6.45) is 0. The minimum Gasteiger partial charge on any atom is -0.461 e. The Morgan fingerprint density at radius 1 is 1.21 bits per heavy atom. The van der Waals surface area contributed by atoms with Gasteiger partial charge in [-0.1, -0.05) is 17.7 Å². The van der Waals surface area contributed by atoms with Gasteiger partial charge in [-0.25, -0.2) is 9.78 Å². The quantitative estimate of drug-likeness (QED) is 0.519. The van der Waals surface area contributed by atoms with E-state index < -0.39 is 5.97 Å². The van der Waals surface area contributed by atoms with Gasteiger partial charge in [-0.2, -0.15) is 0 Å². The van der Waals surface area contributed by atoms with Crippen LogP contribution in [0.3, 0.4) is 0 Å². The molecule has 7 nitrogen and oxygen atoms in total. The van der Waals surface area contributed by atoms with Crippen LogP contribution >= 0.6 is 11.6 Å². The third kappa shape index (κ3) is 3.03. The topological polar surface area (TPSA) is 77.6 Å². The van der Waals surface area contributed by atoms with Crippen molar-refractivity contribution >= 4 is 39.8 Å². The molecule has 0 saturated heterocycles. The lowest BCUT2D eigenvalue weighted by atomic mass is 10.1. The maximum atomic E-state index is 12.3. The number of anilines is 1. The molecule has 1 N–H and O–H groups in total. The van der Waals surface area contributed by atoms with Crippen LogP contribution in [-0.4, -0.2) is 33.6 Å². The molecule has 0 aliphatic rings. The van der Waals surface area contributed by atoms with Crippen LogP contribution in [0.15, 0.2) is 47.3 Å². The molecule has 0 fully saturated rings. The van der Waals surface area contributed by atoms with Gasteiger partial charge in [-0.3, -0.25) is 9.20 Å². The number of carbonyl (C=O) groups excluding carboxylic acids is 1. The molecule has 1 aromatic carbocycles. The molecule has 0 aliphatic heterocycles. The van der Waals surface area contributed by atoms with Crippen LogP contribution in [0.5, 0.6) is 0 Å². The van der Waals surface area contributed by atoms with Gasteiger partial charge >= 0.3 is 5.97 Å². The molecule has 0 amide bonds. The van der Waals surface area contributed by atoms with E-state index in [4.69, 9.17) is 16.3 Å². The fourth-order valence-corrected chi connectivity index (χ4v) is 3.70. The third-order valence-electron chi connectivity index (χ3n) is 4.87. The average molecular weight is 411 g/mol. The van der Waals surface area contributed by atoms with E-state index in [-0.39, 0.29) is 23.0 Å². The maximum absolute atomic E-state index is 12.3. The summed E-state index contributed by atoms with van der Waals surface area (Å²) in [4.78, 5) is 28.6. The lowest BCUT2D eigenvalue weighted by molar-refractivity contribution is 0.0520. The van der Waals surface area contributed by atoms with Gasteiger partial charge in [0.15, 0.2) is 11.3 Å². The number of fused-ring (bicyclic) bond motifs is 2. The van der Waals surface area contributed by atoms with Crippen LogP contribution in [-0.2, 0) is 11.8 Å². The summed E-state index contributed by atoms with van der Waals surface area (Å²) in [5.74, 6) is -0.567. The van der Waals surface area contributed by atoms with Gasteiger partial charge in [0.1, 0.15) is 5.15 Å². The van der Waals surface area contributed by atoms with Crippen molar-refractivity contribution in [2.45, 2.75) is 6.92 Å². The van der Waals surface area contributed by atoms with Gasteiger partial charge in [0.25, 0.3) is 5.56 Å². The summed E-state index contributed by atoms with van der Waals surface area (Å²) in [6.45, 7) is 1.96. The molecule has 0 bridgehead atoms. The fraction of sp³-hybridized carbons (Fsp3) is 0.190. The lowest BCUT2D eigenvalue weighted by Crippen LogP contribution is -2.14. The molecule has 3 aromatic heterocycles. The zero-order chi connectivity index (χ0) is 20.7. The van der Waals surface area contributed by atoms with Crippen molar-refractivity contribution in [3.63, 3.8) is 0 Å². The van der Waals surface area contributed by atoms with E-state index in [0.29, 0.717) is 5.65 Å². The van der Waals surface area contributed by atoms with Gasteiger partial charge < -0.3 is 14.6 Å². The standard InChI is InChI=1S/C21H19ClN4O3/c1-4-29-21(28)18-19(22)26-16(9-7-14(23-2)20(26)24-18)13-5-8-15-12(11-13)6-10-17(27)25(15)3/h5-11,23H,4H2,1-3H3. The average Bonchev–Trinajstić information content (AvgIpc) is 3.08. The lowest BCUT2D eigenvalue weighted by Gasteiger charge is -2.12. The Balaban J connectivity index is 1.99. The number of pyridine rings is 2. The van der Waals surface area contributed by atoms with E-state index >= 15 is 0 Å². The van der Waals surface area contributed by atoms with Crippen molar-refractivity contribution in [3.05, 3.63) is 63.7 Å². The number of nitrogens with zero attached hydrogens (tertiary/aromatic N) is 3. The number of hydrogen-bond acceptors (Lipinski definition) is 5. The van der Waals surface area contributed by atoms with Crippen molar-refractivity contribution in [2.24, 2.45) is 7.05 Å². The molecular formula is C21H19ClN4O3. The summed E-state index contributed by atoms with van der Waals surface area (Å²) < 4.78 is 8.41. The minimum absolute atomic E-state index is 0.0669. The molecule has 0 aliphatic carbocycles. The van der Waals surface area contributed by atoms with Gasteiger partial charge in [-0.05, 0) is 48.2 Å². The normalized spacial score (nSPS) is 11.2. The second-order valence-electron chi connectivity index (χ2n) is 6.52. The van der Waals surface area contributed by atoms with Crippen LogP contribution in [0, 0.1) is 0 Å². The summed E-state index contributed by atoms with van der Waals surface area (Å²) in [6, 6.07) is 12.9. The number of aromatic nitrogens is 3. The number of hydrogen-bond donors (Lipinski definition) is 1. The first-order valence-electron chi connectivity index (χ1n) is 9.12. The molecule has 4 rings (SSSR count). The van der Waals surface area contributed by atoms with Crippen molar-refractivity contribution in [1.29, 1.82) is 0 Å². The van der Waals surface area contributed by atoms with Crippen LogP contribution in [0.4, 0.5) is 5.69 Å². The van der Waals surface area contributed by atoms with Crippen LogP contribution in [0.25, 0.3) is 27.8 Å². The third-order valence-corrected chi connectivity index (χ3v) is 5.22. The Morgan fingerprint density at radius 2 is 2.00 bits per heavy atom. The summed E-state index contributed by atoms with van der Waals surface area (Å²) in [5, 5.41) is 4.17. The van der Waals surface area contributed by atoms with Gasteiger partial charge in [0, 0.05) is 20.2 Å². The second-order valence-corrected chi connectivity index (χ2v) is 6.88. The number of nitrogens with one attached hydrogen (secondary N) is 1. The Hall–Kier alpha value is -3.32. The molecule has 0 spiro atoms. The van der Waals surface area contributed by atoms with Gasteiger partial charge in [-0.15, -0.1) is 0 Å². The Bertz CT molecular complexity index is 1320. The smallest absolute Gasteiger partial charge is 0.360 e. The molecule has 3 heterocycles.